The quantitative estimate of drug-likeness (QED) is 0.538. The van der Waals surface area contributed by atoms with Crippen LogP contribution in [-0.4, -0.2) is 29.6 Å². The van der Waals surface area contributed by atoms with Gasteiger partial charge in [-0.2, -0.15) is 0 Å². The minimum Gasteiger partial charge on any atom is -0.484 e. The van der Waals surface area contributed by atoms with E-state index in [-0.39, 0.29) is 23.4 Å². The van der Waals surface area contributed by atoms with Gasteiger partial charge in [0.25, 0.3) is 5.91 Å². The second-order valence-corrected chi connectivity index (χ2v) is 6.93. The van der Waals surface area contributed by atoms with Crippen LogP contribution in [0.25, 0.3) is 11.0 Å². The topological polar surface area (TPSA) is 115 Å². The van der Waals surface area contributed by atoms with Gasteiger partial charge in [0.05, 0.1) is 5.39 Å². The number of ether oxygens (including phenoxy) is 2. The van der Waals surface area contributed by atoms with Crippen molar-refractivity contribution in [2.45, 2.75) is 32.7 Å². The van der Waals surface area contributed by atoms with Crippen molar-refractivity contribution in [2.75, 3.05) is 6.61 Å². The zero-order chi connectivity index (χ0) is 22.4. The number of fused-ring (bicyclic) bond motifs is 1. The summed E-state index contributed by atoms with van der Waals surface area (Å²) in [5.41, 5.74) is -0.0361. The summed E-state index contributed by atoms with van der Waals surface area (Å²) >= 11 is 0. The summed E-state index contributed by atoms with van der Waals surface area (Å²) < 4.78 is 16.9. The highest BCUT2D eigenvalue weighted by atomic mass is 16.5. The number of carboxylic acid groups (broad SMARTS) is 1. The Morgan fingerprint density at radius 2 is 1.87 bits per heavy atom. The lowest BCUT2D eigenvalue weighted by Crippen LogP contribution is -2.42. The van der Waals surface area contributed by atoms with E-state index in [1.54, 1.807) is 31.2 Å². The number of amides is 1. The molecule has 0 saturated carbocycles. The smallest absolute Gasteiger partial charge is 0.326 e. The second-order valence-electron chi connectivity index (χ2n) is 6.93. The molecule has 0 aliphatic heterocycles. The molecular weight excluding hydrogens is 402 g/mol. The summed E-state index contributed by atoms with van der Waals surface area (Å²) in [5.74, 6) is -0.408. The molecule has 0 bridgehead atoms. The maximum Gasteiger partial charge on any atom is 0.326 e. The van der Waals surface area contributed by atoms with Crippen LogP contribution in [0.2, 0.25) is 0 Å². The molecule has 1 aromatic heterocycles. The molecule has 0 radical (unpaired) electrons. The Hall–Kier alpha value is -3.81. The first kappa shape index (κ1) is 21.9. The predicted molar refractivity (Wildman–Crippen MR) is 114 cm³/mol. The minimum absolute atomic E-state index is 0.0994. The van der Waals surface area contributed by atoms with E-state index in [1.165, 1.54) is 18.2 Å². The van der Waals surface area contributed by atoms with Gasteiger partial charge in [-0.1, -0.05) is 31.5 Å². The van der Waals surface area contributed by atoms with Gasteiger partial charge in [-0.25, -0.2) is 4.79 Å². The number of aryl methyl sites for hydroxylation is 1. The first-order valence-electron chi connectivity index (χ1n) is 9.84. The average Bonchev–Trinajstić information content (AvgIpc) is 2.75. The number of carbonyl (C=O) groups excluding carboxylic acids is 1. The second kappa shape index (κ2) is 9.80. The van der Waals surface area contributed by atoms with E-state index < -0.39 is 17.9 Å². The summed E-state index contributed by atoms with van der Waals surface area (Å²) in [6.45, 7) is 3.09. The molecule has 0 aliphatic carbocycles. The molecule has 0 saturated heterocycles. The van der Waals surface area contributed by atoms with E-state index in [9.17, 15) is 14.4 Å². The van der Waals surface area contributed by atoms with E-state index in [0.29, 0.717) is 35.5 Å². The Morgan fingerprint density at radius 1 is 1.13 bits per heavy atom. The van der Waals surface area contributed by atoms with Gasteiger partial charge in [-0.3, -0.25) is 9.59 Å². The maximum absolute atomic E-state index is 12.8. The Kier molecular flexibility index (Phi) is 6.92. The van der Waals surface area contributed by atoms with E-state index >= 15 is 0 Å². The van der Waals surface area contributed by atoms with Crippen LogP contribution < -0.4 is 20.2 Å². The highest BCUT2D eigenvalue weighted by Crippen LogP contribution is 2.27. The van der Waals surface area contributed by atoms with Crippen LogP contribution in [0.3, 0.4) is 0 Å². The Morgan fingerprint density at radius 3 is 2.55 bits per heavy atom. The lowest BCUT2D eigenvalue weighted by atomic mass is 10.2. The summed E-state index contributed by atoms with van der Waals surface area (Å²) in [6.07, 6.45) is 0.950. The summed E-state index contributed by atoms with van der Waals surface area (Å²) in [5, 5.41) is 11.8. The van der Waals surface area contributed by atoms with Gasteiger partial charge < -0.3 is 24.3 Å². The predicted octanol–water partition coefficient (Wildman–Crippen LogP) is 3.64. The third-order valence-electron chi connectivity index (χ3n) is 4.53. The van der Waals surface area contributed by atoms with Gasteiger partial charge in [0.1, 0.15) is 28.9 Å². The van der Waals surface area contributed by atoms with Gasteiger partial charge in [0.15, 0.2) is 6.61 Å². The minimum atomic E-state index is -1.09. The van der Waals surface area contributed by atoms with Gasteiger partial charge >= 0.3 is 5.97 Å². The molecule has 1 heterocycles. The fourth-order valence-corrected chi connectivity index (χ4v) is 3.01. The molecule has 2 aromatic carbocycles. The van der Waals surface area contributed by atoms with Crippen LogP contribution in [0.1, 0.15) is 25.5 Å². The van der Waals surface area contributed by atoms with Gasteiger partial charge in [-0.15, -0.1) is 0 Å². The fourth-order valence-electron chi connectivity index (χ4n) is 3.01. The van der Waals surface area contributed by atoms with Crippen LogP contribution in [0, 0.1) is 6.92 Å². The zero-order valence-corrected chi connectivity index (χ0v) is 17.2. The fraction of sp³-hybridized carbons (Fsp3) is 0.261. The number of rotatable bonds is 9. The van der Waals surface area contributed by atoms with Crippen molar-refractivity contribution in [3.63, 3.8) is 0 Å². The highest BCUT2D eigenvalue weighted by Gasteiger charge is 2.19. The molecule has 0 aliphatic rings. The summed E-state index contributed by atoms with van der Waals surface area (Å²) in [7, 11) is 0. The van der Waals surface area contributed by atoms with E-state index in [4.69, 9.17) is 19.0 Å². The normalized spacial score (nSPS) is 11.7. The monoisotopic (exact) mass is 425 g/mol. The number of benzene rings is 2. The molecule has 8 heteroatoms. The third-order valence-corrected chi connectivity index (χ3v) is 4.53. The van der Waals surface area contributed by atoms with Crippen molar-refractivity contribution in [3.05, 3.63) is 64.5 Å². The van der Waals surface area contributed by atoms with Crippen molar-refractivity contribution >= 4 is 22.8 Å². The number of nitrogens with one attached hydrogen (secondary N) is 1. The zero-order valence-electron chi connectivity index (χ0n) is 17.2. The van der Waals surface area contributed by atoms with Crippen molar-refractivity contribution in [3.8, 4) is 17.2 Å². The van der Waals surface area contributed by atoms with Crippen molar-refractivity contribution in [2.24, 2.45) is 0 Å². The highest BCUT2D eigenvalue weighted by molar-refractivity contribution is 5.84. The first-order valence-corrected chi connectivity index (χ1v) is 9.84. The molecule has 0 spiro atoms. The van der Waals surface area contributed by atoms with Crippen LogP contribution in [0.4, 0.5) is 0 Å². The molecule has 3 rings (SSSR count). The first-order chi connectivity index (χ1) is 14.9. The van der Waals surface area contributed by atoms with Crippen LogP contribution in [0.5, 0.6) is 17.2 Å². The number of hydrogen-bond donors (Lipinski definition) is 2. The van der Waals surface area contributed by atoms with E-state index in [2.05, 4.69) is 5.32 Å². The van der Waals surface area contributed by atoms with Gasteiger partial charge in [0.2, 0.25) is 11.2 Å². The van der Waals surface area contributed by atoms with Gasteiger partial charge in [-0.05, 0) is 37.6 Å². The molecule has 3 aromatic rings. The van der Waals surface area contributed by atoms with E-state index in [1.807, 2.05) is 13.0 Å². The van der Waals surface area contributed by atoms with Crippen LogP contribution in [0.15, 0.2) is 57.7 Å². The third kappa shape index (κ3) is 5.42. The molecular formula is C23H23NO7. The molecule has 8 nitrogen and oxygen atoms in total. The molecule has 31 heavy (non-hydrogen) atoms. The molecule has 0 fully saturated rings. The SMILES string of the molecule is CCC[C@H](NC(=O)COc1ccc2c(=O)c(Oc3ccccc3)c(C)oc2c1)C(=O)O. The number of para-hydroxylation sites is 1. The number of hydrogen-bond acceptors (Lipinski definition) is 6. The van der Waals surface area contributed by atoms with E-state index in [0.717, 1.165) is 0 Å². The van der Waals surface area contributed by atoms with Crippen molar-refractivity contribution < 1.29 is 28.6 Å². The summed E-state index contributed by atoms with van der Waals surface area (Å²) in [6, 6.07) is 12.5. The largest absolute Gasteiger partial charge is 0.484 e. The van der Waals surface area contributed by atoms with Crippen LogP contribution >= 0.6 is 0 Å². The lowest BCUT2D eigenvalue weighted by molar-refractivity contribution is -0.142. The number of aliphatic carboxylic acids is 1. The number of carbonyl (C=O) groups is 2. The Balaban J connectivity index is 1.74. The van der Waals surface area contributed by atoms with Crippen molar-refractivity contribution in [1.29, 1.82) is 0 Å². The maximum atomic E-state index is 12.8. The molecule has 162 valence electrons. The summed E-state index contributed by atoms with van der Waals surface area (Å²) in [4.78, 5) is 36.0. The van der Waals surface area contributed by atoms with Crippen molar-refractivity contribution in [1.82, 2.24) is 5.32 Å². The number of carboxylic acids is 1. The Labute approximate surface area is 178 Å². The molecule has 1 amide bonds. The Bertz CT molecular complexity index is 1140. The standard InChI is InChI=1S/C23H23NO7/c1-3-7-18(23(27)28)24-20(25)13-29-16-10-11-17-19(12-16)30-14(2)22(21(17)26)31-15-8-5-4-6-9-15/h4-6,8-12,18H,3,7,13H2,1-2H3,(H,24,25)(H,27,28)/t18-/m0/s1. The molecule has 1 atom stereocenters. The van der Waals surface area contributed by atoms with Crippen LogP contribution in [-0.2, 0) is 9.59 Å². The van der Waals surface area contributed by atoms with Gasteiger partial charge in [0, 0.05) is 6.07 Å². The molecule has 0 unspecified atom stereocenters. The average molecular weight is 425 g/mol. The molecule has 2 N–H and O–H groups in total. The lowest BCUT2D eigenvalue weighted by Gasteiger charge is -2.14.